The van der Waals surface area contributed by atoms with Crippen molar-refractivity contribution in [2.24, 2.45) is 5.73 Å². The van der Waals surface area contributed by atoms with Gasteiger partial charge in [0.1, 0.15) is 5.76 Å². The van der Waals surface area contributed by atoms with Crippen LogP contribution in [0.3, 0.4) is 0 Å². The fourth-order valence-corrected chi connectivity index (χ4v) is 3.52. The van der Waals surface area contributed by atoms with Gasteiger partial charge in [-0.05, 0) is 13.0 Å². The van der Waals surface area contributed by atoms with Crippen molar-refractivity contribution in [1.82, 2.24) is 9.88 Å². The van der Waals surface area contributed by atoms with Crippen LogP contribution in [-0.4, -0.2) is 13.6 Å². The molecule has 0 saturated heterocycles. The summed E-state index contributed by atoms with van der Waals surface area (Å²) >= 11 is 1.32. The van der Waals surface area contributed by atoms with Gasteiger partial charge in [-0.15, -0.1) is 11.3 Å². The highest BCUT2D eigenvalue weighted by Gasteiger charge is 2.16. The minimum atomic E-state index is -3.52. The molecule has 2 aromatic rings. The number of nitrogens with one attached hydrogen (secondary N) is 1. The first-order chi connectivity index (χ1) is 8.51. The lowest BCUT2D eigenvalue weighted by atomic mass is 10.4. The van der Waals surface area contributed by atoms with Crippen LogP contribution in [0.4, 0.5) is 0 Å². The largest absolute Gasteiger partial charge is 0.361 e. The maximum absolute atomic E-state index is 11.9. The zero-order valence-electron chi connectivity index (χ0n) is 9.71. The highest BCUT2D eigenvalue weighted by molar-refractivity contribution is 7.89. The van der Waals surface area contributed by atoms with Crippen molar-refractivity contribution >= 4 is 21.4 Å². The monoisotopic (exact) mass is 287 g/mol. The summed E-state index contributed by atoms with van der Waals surface area (Å²) in [5.41, 5.74) is 5.99. The van der Waals surface area contributed by atoms with Crippen LogP contribution in [0, 0.1) is 6.92 Å². The van der Waals surface area contributed by atoms with E-state index in [-0.39, 0.29) is 11.4 Å². The Morgan fingerprint density at radius 2 is 2.28 bits per heavy atom. The van der Waals surface area contributed by atoms with E-state index in [0.717, 1.165) is 4.88 Å². The number of aryl methyl sites for hydroxylation is 1. The Hall–Kier alpha value is -1.22. The fourth-order valence-electron chi connectivity index (χ4n) is 1.36. The van der Waals surface area contributed by atoms with Gasteiger partial charge in [-0.25, -0.2) is 13.1 Å². The predicted molar refractivity (Wildman–Crippen MR) is 67.5 cm³/mol. The SMILES string of the molecule is Cc1cc(CNS(=O)(=O)c2csc(CN)c2)no1. The lowest BCUT2D eigenvalue weighted by Gasteiger charge is -2.01. The van der Waals surface area contributed by atoms with Crippen LogP contribution >= 0.6 is 11.3 Å². The smallest absolute Gasteiger partial charge is 0.241 e. The number of hydrogen-bond donors (Lipinski definition) is 2. The van der Waals surface area contributed by atoms with Gasteiger partial charge in [0.05, 0.1) is 17.1 Å². The molecule has 0 radical (unpaired) electrons. The van der Waals surface area contributed by atoms with Crippen LogP contribution in [0.5, 0.6) is 0 Å². The van der Waals surface area contributed by atoms with Crippen molar-refractivity contribution in [2.75, 3.05) is 0 Å². The van der Waals surface area contributed by atoms with Gasteiger partial charge < -0.3 is 10.3 Å². The lowest BCUT2D eigenvalue weighted by molar-refractivity contribution is 0.390. The molecule has 2 rings (SSSR count). The molecule has 0 aliphatic carbocycles. The Labute approximate surface area is 109 Å². The number of rotatable bonds is 5. The van der Waals surface area contributed by atoms with Crippen molar-refractivity contribution in [3.63, 3.8) is 0 Å². The average molecular weight is 287 g/mol. The third kappa shape index (κ3) is 2.96. The Balaban J connectivity index is 2.07. The van der Waals surface area contributed by atoms with E-state index in [4.69, 9.17) is 10.3 Å². The lowest BCUT2D eigenvalue weighted by Crippen LogP contribution is -2.22. The number of hydrogen-bond acceptors (Lipinski definition) is 6. The van der Waals surface area contributed by atoms with E-state index < -0.39 is 10.0 Å². The summed E-state index contributed by atoms with van der Waals surface area (Å²) in [7, 11) is -3.52. The summed E-state index contributed by atoms with van der Waals surface area (Å²) in [6, 6.07) is 3.25. The maximum atomic E-state index is 11.9. The second kappa shape index (κ2) is 5.19. The first-order valence-corrected chi connectivity index (χ1v) is 7.57. The van der Waals surface area contributed by atoms with E-state index in [9.17, 15) is 8.42 Å². The molecular weight excluding hydrogens is 274 g/mol. The van der Waals surface area contributed by atoms with E-state index in [1.165, 1.54) is 11.3 Å². The number of aromatic nitrogens is 1. The molecule has 98 valence electrons. The molecule has 2 heterocycles. The molecular formula is C10H13N3O3S2. The van der Waals surface area contributed by atoms with Gasteiger partial charge >= 0.3 is 0 Å². The van der Waals surface area contributed by atoms with Crippen LogP contribution in [-0.2, 0) is 23.1 Å². The first-order valence-electron chi connectivity index (χ1n) is 5.20. The van der Waals surface area contributed by atoms with Crippen LogP contribution < -0.4 is 10.5 Å². The van der Waals surface area contributed by atoms with Crippen LogP contribution in [0.1, 0.15) is 16.3 Å². The topological polar surface area (TPSA) is 98.2 Å². The summed E-state index contributed by atoms with van der Waals surface area (Å²) in [6.45, 7) is 2.19. The minimum Gasteiger partial charge on any atom is -0.361 e. The molecule has 8 heteroatoms. The molecule has 0 aliphatic heterocycles. The zero-order chi connectivity index (χ0) is 13.2. The summed E-state index contributed by atoms with van der Waals surface area (Å²) in [6.07, 6.45) is 0. The molecule has 0 aliphatic rings. The van der Waals surface area contributed by atoms with Crippen molar-refractivity contribution in [3.8, 4) is 0 Å². The van der Waals surface area contributed by atoms with E-state index in [1.54, 1.807) is 24.4 Å². The van der Waals surface area contributed by atoms with Gasteiger partial charge in [0.15, 0.2) is 0 Å². The molecule has 18 heavy (non-hydrogen) atoms. The van der Waals surface area contributed by atoms with Crippen molar-refractivity contribution < 1.29 is 12.9 Å². The highest BCUT2D eigenvalue weighted by Crippen LogP contribution is 2.18. The molecule has 0 aromatic carbocycles. The Kier molecular flexibility index (Phi) is 3.81. The molecule has 0 spiro atoms. The van der Waals surface area contributed by atoms with Crippen LogP contribution in [0.25, 0.3) is 0 Å². The molecule has 0 fully saturated rings. The van der Waals surface area contributed by atoms with Gasteiger partial charge in [-0.3, -0.25) is 0 Å². The predicted octanol–water partition coefficient (Wildman–Crippen LogP) is 0.982. The molecule has 6 nitrogen and oxygen atoms in total. The molecule has 2 aromatic heterocycles. The van der Waals surface area contributed by atoms with E-state index in [0.29, 0.717) is 18.0 Å². The number of thiophene rings is 1. The highest BCUT2D eigenvalue weighted by atomic mass is 32.2. The Morgan fingerprint density at radius 3 is 2.83 bits per heavy atom. The second-order valence-electron chi connectivity index (χ2n) is 3.71. The van der Waals surface area contributed by atoms with Crippen molar-refractivity contribution in [1.29, 1.82) is 0 Å². The molecule has 0 unspecified atom stereocenters. The number of nitrogens with two attached hydrogens (primary N) is 1. The van der Waals surface area contributed by atoms with Gasteiger partial charge in [0, 0.05) is 22.9 Å². The van der Waals surface area contributed by atoms with E-state index >= 15 is 0 Å². The summed E-state index contributed by atoms with van der Waals surface area (Å²) in [4.78, 5) is 1.06. The van der Waals surface area contributed by atoms with Crippen molar-refractivity contribution in [3.05, 3.63) is 33.8 Å². The van der Waals surface area contributed by atoms with Crippen LogP contribution in [0.2, 0.25) is 0 Å². The summed E-state index contributed by atoms with van der Waals surface area (Å²) < 4.78 is 31.2. The van der Waals surface area contributed by atoms with Gasteiger partial charge in [-0.1, -0.05) is 5.16 Å². The molecule has 0 bridgehead atoms. The van der Waals surface area contributed by atoms with Crippen LogP contribution in [0.15, 0.2) is 26.9 Å². The number of nitrogens with zero attached hydrogens (tertiary/aromatic N) is 1. The third-order valence-corrected chi connectivity index (χ3v) is 4.75. The fraction of sp³-hybridized carbons (Fsp3) is 0.300. The summed E-state index contributed by atoms with van der Waals surface area (Å²) in [5, 5.41) is 5.28. The van der Waals surface area contributed by atoms with E-state index in [2.05, 4.69) is 9.88 Å². The molecule has 3 N–H and O–H groups in total. The van der Waals surface area contributed by atoms with Gasteiger partial charge in [-0.2, -0.15) is 0 Å². The molecule has 0 amide bonds. The minimum absolute atomic E-state index is 0.105. The standard InChI is InChI=1S/C10H13N3O3S2/c1-7-2-8(13-16-7)5-12-18(14,15)10-3-9(4-11)17-6-10/h2-3,6,12H,4-5,11H2,1H3. The Bertz CT molecular complexity index is 630. The van der Waals surface area contributed by atoms with E-state index in [1.807, 2.05) is 0 Å². The average Bonchev–Trinajstić information content (AvgIpc) is 2.95. The quantitative estimate of drug-likeness (QED) is 0.854. The van der Waals surface area contributed by atoms with Gasteiger partial charge in [0.25, 0.3) is 0 Å². The zero-order valence-corrected chi connectivity index (χ0v) is 11.3. The third-order valence-electron chi connectivity index (χ3n) is 2.26. The normalized spacial score (nSPS) is 11.9. The van der Waals surface area contributed by atoms with Gasteiger partial charge in [0.2, 0.25) is 10.0 Å². The van der Waals surface area contributed by atoms with Crippen molar-refractivity contribution in [2.45, 2.75) is 24.9 Å². The Morgan fingerprint density at radius 1 is 1.50 bits per heavy atom. The maximum Gasteiger partial charge on any atom is 0.241 e. The number of sulfonamides is 1. The summed E-state index contributed by atoms with van der Waals surface area (Å²) in [5.74, 6) is 0.644. The second-order valence-corrected chi connectivity index (χ2v) is 6.47. The molecule has 0 saturated carbocycles. The molecule has 0 atom stereocenters. The first kappa shape index (κ1) is 13.2.